The van der Waals surface area contributed by atoms with Crippen LogP contribution in [0.3, 0.4) is 0 Å². The highest BCUT2D eigenvalue weighted by molar-refractivity contribution is 9.11. The number of halogens is 2. The van der Waals surface area contributed by atoms with Crippen molar-refractivity contribution in [2.24, 2.45) is 0 Å². The zero-order valence-corrected chi connectivity index (χ0v) is 23.2. The summed E-state index contributed by atoms with van der Waals surface area (Å²) in [5, 5.41) is 19.9. The number of unbranched alkanes of at least 4 members (excludes halogenated alkanes) is 5. The van der Waals surface area contributed by atoms with Gasteiger partial charge < -0.3 is 20.0 Å². The molecule has 0 atom stereocenters. The molecule has 1 aliphatic heterocycles. The van der Waals surface area contributed by atoms with E-state index in [0.29, 0.717) is 54.7 Å². The molecular weight excluding hydrogens is 588 g/mol. The Kier molecular flexibility index (Phi) is 8.36. The standard InChI is InChI=1S/C28H28Br2N2O4/c1-2-3-4-5-6-7-15-35-28(34)23-16(9-8-10-21(23)33)22-17-11-13-19(31)24(29)26(17)36-27-18(22)12-14-20(32)25(27)30/h8-14,31,33H,2-7,15,32H2,1H3. The summed E-state index contributed by atoms with van der Waals surface area (Å²) in [7, 11) is 0. The van der Waals surface area contributed by atoms with E-state index in [0.717, 1.165) is 19.3 Å². The molecule has 6 nitrogen and oxygen atoms in total. The summed E-state index contributed by atoms with van der Waals surface area (Å²) in [6, 6.07) is 12.0. The number of nitrogen functional groups attached to an aromatic ring is 1. The fourth-order valence-corrected chi connectivity index (χ4v) is 5.19. The lowest BCUT2D eigenvalue weighted by Crippen LogP contribution is -2.10. The Morgan fingerprint density at radius 3 is 2.53 bits per heavy atom. The molecule has 2 aromatic carbocycles. The van der Waals surface area contributed by atoms with Crippen LogP contribution in [0, 0.1) is 5.41 Å². The second kappa shape index (κ2) is 11.5. The molecular formula is C28H28Br2N2O4. The predicted molar refractivity (Wildman–Crippen MR) is 149 cm³/mol. The summed E-state index contributed by atoms with van der Waals surface area (Å²) in [5.41, 5.74) is 9.04. The average molecular weight is 616 g/mol. The van der Waals surface area contributed by atoms with E-state index in [-0.39, 0.29) is 16.7 Å². The van der Waals surface area contributed by atoms with Gasteiger partial charge in [0.05, 0.1) is 20.9 Å². The van der Waals surface area contributed by atoms with Gasteiger partial charge in [-0.2, -0.15) is 0 Å². The summed E-state index contributed by atoms with van der Waals surface area (Å²) >= 11 is 6.99. The van der Waals surface area contributed by atoms with E-state index in [4.69, 9.17) is 20.3 Å². The van der Waals surface area contributed by atoms with Crippen molar-refractivity contribution in [1.82, 2.24) is 0 Å². The molecule has 2 aliphatic rings. The van der Waals surface area contributed by atoms with Gasteiger partial charge in [0.1, 0.15) is 11.3 Å². The number of esters is 1. The van der Waals surface area contributed by atoms with Gasteiger partial charge in [0, 0.05) is 27.8 Å². The van der Waals surface area contributed by atoms with E-state index in [1.54, 1.807) is 30.3 Å². The number of phenolic OH excluding ortho intramolecular Hbond substituents is 1. The predicted octanol–water partition coefficient (Wildman–Crippen LogP) is 8.01. The number of nitrogens with one attached hydrogen (secondary N) is 1. The molecule has 0 spiro atoms. The van der Waals surface area contributed by atoms with Gasteiger partial charge in [-0.3, -0.25) is 5.41 Å². The molecule has 4 rings (SSSR count). The highest BCUT2D eigenvalue weighted by Gasteiger charge is 2.27. The third kappa shape index (κ3) is 5.15. The van der Waals surface area contributed by atoms with Crippen molar-refractivity contribution in [2.75, 3.05) is 12.3 Å². The number of fused-ring (bicyclic) bond motifs is 2. The van der Waals surface area contributed by atoms with Gasteiger partial charge in [-0.15, -0.1) is 0 Å². The first-order chi connectivity index (χ1) is 17.3. The van der Waals surface area contributed by atoms with Crippen molar-refractivity contribution >= 4 is 54.5 Å². The smallest absolute Gasteiger partial charge is 0.342 e. The molecule has 0 aromatic heterocycles. The number of nitrogens with two attached hydrogens (primary N) is 1. The lowest BCUT2D eigenvalue weighted by Gasteiger charge is -2.19. The van der Waals surface area contributed by atoms with Gasteiger partial charge >= 0.3 is 5.97 Å². The number of benzene rings is 3. The summed E-state index contributed by atoms with van der Waals surface area (Å²) < 4.78 is 12.9. The number of phenols is 1. The minimum Gasteiger partial charge on any atom is -0.507 e. The molecule has 36 heavy (non-hydrogen) atoms. The summed E-state index contributed by atoms with van der Waals surface area (Å²) in [6.07, 6.45) is 6.47. The van der Waals surface area contributed by atoms with Gasteiger partial charge in [-0.1, -0.05) is 51.2 Å². The van der Waals surface area contributed by atoms with Crippen LogP contribution in [-0.4, -0.2) is 17.7 Å². The number of aromatic hydroxyl groups is 1. The maximum absolute atomic E-state index is 13.2. The molecule has 4 N–H and O–H groups in total. The third-order valence-corrected chi connectivity index (χ3v) is 7.82. The molecule has 8 heteroatoms. The van der Waals surface area contributed by atoms with Crippen LogP contribution >= 0.6 is 31.9 Å². The zero-order valence-electron chi connectivity index (χ0n) is 20.0. The van der Waals surface area contributed by atoms with Crippen LogP contribution in [0.4, 0.5) is 5.69 Å². The first-order valence-corrected chi connectivity index (χ1v) is 13.6. The number of ether oxygens (including phenoxy) is 1. The maximum Gasteiger partial charge on any atom is 0.342 e. The van der Waals surface area contributed by atoms with Gasteiger partial charge in [0.15, 0.2) is 11.3 Å². The first kappa shape index (κ1) is 26.2. The van der Waals surface area contributed by atoms with Gasteiger partial charge in [0.2, 0.25) is 0 Å². The number of hydrogen-bond donors (Lipinski definition) is 3. The van der Waals surface area contributed by atoms with Crippen LogP contribution in [0.1, 0.15) is 55.8 Å². The summed E-state index contributed by atoms with van der Waals surface area (Å²) in [6.45, 7) is 2.47. The molecule has 0 bridgehead atoms. The Labute approximate surface area is 226 Å². The largest absolute Gasteiger partial charge is 0.507 e. The van der Waals surface area contributed by atoms with Crippen LogP contribution in [0.15, 0.2) is 55.8 Å². The molecule has 0 saturated heterocycles. The van der Waals surface area contributed by atoms with Crippen LogP contribution in [0.2, 0.25) is 0 Å². The van der Waals surface area contributed by atoms with Crippen molar-refractivity contribution in [1.29, 1.82) is 5.41 Å². The second-order valence-electron chi connectivity index (χ2n) is 8.73. The highest BCUT2D eigenvalue weighted by atomic mass is 79.9. The molecule has 0 amide bonds. The Morgan fingerprint density at radius 1 is 1.00 bits per heavy atom. The zero-order chi connectivity index (χ0) is 25.8. The van der Waals surface area contributed by atoms with E-state index in [1.165, 1.54) is 25.3 Å². The molecule has 1 heterocycles. The second-order valence-corrected chi connectivity index (χ2v) is 10.3. The monoisotopic (exact) mass is 614 g/mol. The van der Waals surface area contributed by atoms with Crippen LogP contribution in [0.25, 0.3) is 33.4 Å². The maximum atomic E-state index is 13.2. The van der Waals surface area contributed by atoms with E-state index in [1.807, 2.05) is 6.07 Å². The van der Waals surface area contributed by atoms with Gasteiger partial charge in [-0.05, 0) is 68.6 Å². The number of carbonyl (C=O) groups excluding carboxylic acids is 1. The summed E-state index contributed by atoms with van der Waals surface area (Å²) in [5.74, 6) is -0.302. The Hall–Kier alpha value is -2.84. The number of carbonyl (C=O) groups is 1. The molecule has 0 saturated carbocycles. The molecule has 2 aromatic rings. The summed E-state index contributed by atoms with van der Waals surface area (Å²) in [4.78, 5) is 13.2. The topological polar surface area (TPSA) is 110 Å². The minimum absolute atomic E-state index is 0.0938. The minimum atomic E-state index is -0.579. The normalized spacial score (nSPS) is 11.3. The third-order valence-electron chi connectivity index (χ3n) is 6.21. The van der Waals surface area contributed by atoms with E-state index < -0.39 is 5.97 Å². The van der Waals surface area contributed by atoms with Crippen molar-refractivity contribution in [2.45, 2.75) is 45.4 Å². The molecule has 0 radical (unpaired) electrons. The quantitative estimate of drug-likeness (QED) is 0.0764. The Bertz CT molecular complexity index is 1450. The Morgan fingerprint density at radius 2 is 1.75 bits per heavy atom. The number of anilines is 1. The molecule has 1 aliphatic carbocycles. The Balaban J connectivity index is 1.82. The average Bonchev–Trinajstić information content (AvgIpc) is 2.87. The van der Waals surface area contributed by atoms with Crippen molar-refractivity contribution in [3.8, 4) is 28.2 Å². The first-order valence-electron chi connectivity index (χ1n) is 12.0. The molecule has 188 valence electrons. The van der Waals surface area contributed by atoms with Crippen LogP contribution in [-0.2, 0) is 4.74 Å². The van der Waals surface area contributed by atoms with Crippen LogP contribution < -0.4 is 11.1 Å². The van der Waals surface area contributed by atoms with Crippen molar-refractivity contribution < 1.29 is 19.1 Å². The van der Waals surface area contributed by atoms with Gasteiger partial charge in [-0.25, -0.2) is 4.79 Å². The molecule has 0 unspecified atom stereocenters. The SMILES string of the molecule is CCCCCCCCOC(=O)c1c(O)cccc1-c1c2ccc(=N)c(Br)c-2oc2c(Br)c(N)ccc12. The lowest BCUT2D eigenvalue weighted by atomic mass is 9.90. The fourth-order valence-electron chi connectivity index (χ4n) is 4.34. The van der Waals surface area contributed by atoms with E-state index >= 15 is 0 Å². The van der Waals surface area contributed by atoms with E-state index in [2.05, 4.69) is 38.8 Å². The lowest BCUT2D eigenvalue weighted by molar-refractivity contribution is 0.0495. The van der Waals surface area contributed by atoms with Crippen molar-refractivity contribution in [3.05, 3.63) is 62.3 Å². The molecule has 0 fully saturated rings. The highest BCUT2D eigenvalue weighted by Crippen LogP contribution is 2.47. The van der Waals surface area contributed by atoms with Gasteiger partial charge in [0.25, 0.3) is 0 Å². The van der Waals surface area contributed by atoms with Crippen molar-refractivity contribution in [3.63, 3.8) is 0 Å². The van der Waals surface area contributed by atoms with E-state index in [9.17, 15) is 9.90 Å². The fraction of sp³-hybridized carbons (Fsp3) is 0.286. The number of hydrogen-bond acceptors (Lipinski definition) is 6. The van der Waals surface area contributed by atoms with Crippen LogP contribution in [0.5, 0.6) is 5.75 Å². The number of rotatable bonds is 9.